The van der Waals surface area contributed by atoms with Crippen LogP contribution in [-0.2, 0) is 0 Å². The lowest BCUT2D eigenvalue weighted by Crippen LogP contribution is -2.12. The van der Waals surface area contributed by atoms with Gasteiger partial charge >= 0.3 is 0 Å². The molecule has 29 heavy (non-hydrogen) atoms. The number of fused-ring (bicyclic) bond motifs is 2. The topological polar surface area (TPSA) is 95.7 Å². The number of methoxy groups -OCH3 is 3. The SMILES string of the molecule is COc1cc(NC(=O)c2sc3nc4cc(OC)ccc4cc3c2N)cc(OC)c1. The Bertz CT molecular complexity index is 1210. The second kappa shape index (κ2) is 7.48. The minimum absolute atomic E-state index is 0.317. The number of hydrogen-bond acceptors (Lipinski definition) is 7. The van der Waals surface area contributed by atoms with E-state index in [1.165, 1.54) is 11.3 Å². The molecule has 0 aliphatic heterocycles. The molecule has 0 spiro atoms. The molecule has 0 atom stereocenters. The van der Waals surface area contributed by atoms with Crippen molar-refractivity contribution in [2.45, 2.75) is 0 Å². The fourth-order valence-corrected chi connectivity index (χ4v) is 4.02. The van der Waals surface area contributed by atoms with Crippen molar-refractivity contribution in [2.75, 3.05) is 32.4 Å². The minimum Gasteiger partial charge on any atom is -0.497 e. The highest BCUT2D eigenvalue weighted by atomic mass is 32.1. The first-order valence-corrected chi connectivity index (χ1v) is 9.55. The molecule has 148 valence electrons. The van der Waals surface area contributed by atoms with Gasteiger partial charge in [-0.15, -0.1) is 11.3 Å². The molecule has 2 aromatic carbocycles. The quantitative estimate of drug-likeness (QED) is 0.510. The summed E-state index contributed by atoms with van der Waals surface area (Å²) in [4.78, 5) is 18.6. The van der Waals surface area contributed by atoms with Crippen LogP contribution in [0.4, 0.5) is 11.4 Å². The fourth-order valence-electron chi connectivity index (χ4n) is 3.04. The van der Waals surface area contributed by atoms with Crippen LogP contribution in [0.3, 0.4) is 0 Å². The van der Waals surface area contributed by atoms with E-state index >= 15 is 0 Å². The van der Waals surface area contributed by atoms with E-state index in [0.29, 0.717) is 32.6 Å². The number of hydrogen-bond donors (Lipinski definition) is 2. The maximum Gasteiger partial charge on any atom is 0.267 e. The number of nitrogens with two attached hydrogens (primary N) is 1. The molecule has 8 heteroatoms. The number of rotatable bonds is 5. The molecule has 0 bridgehead atoms. The third-order valence-corrected chi connectivity index (χ3v) is 5.65. The average Bonchev–Trinajstić information content (AvgIpc) is 3.07. The minimum atomic E-state index is -0.317. The highest BCUT2D eigenvalue weighted by Crippen LogP contribution is 2.36. The van der Waals surface area contributed by atoms with Gasteiger partial charge in [0.05, 0.1) is 32.5 Å². The van der Waals surface area contributed by atoms with Gasteiger partial charge in [0.25, 0.3) is 5.91 Å². The van der Waals surface area contributed by atoms with Crippen LogP contribution in [0.2, 0.25) is 0 Å². The molecule has 7 nitrogen and oxygen atoms in total. The van der Waals surface area contributed by atoms with Crippen molar-refractivity contribution in [1.29, 1.82) is 0 Å². The summed E-state index contributed by atoms with van der Waals surface area (Å²) in [5.41, 5.74) is 8.02. The van der Waals surface area contributed by atoms with Gasteiger partial charge in [-0.25, -0.2) is 4.98 Å². The first-order valence-electron chi connectivity index (χ1n) is 8.73. The molecule has 1 amide bonds. The van der Waals surface area contributed by atoms with Gasteiger partial charge in [-0.2, -0.15) is 0 Å². The van der Waals surface area contributed by atoms with Crippen molar-refractivity contribution in [3.8, 4) is 17.2 Å². The molecule has 0 unspecified atom stereocenters. The van der Waals surface area contributed by atoms with E-state index in [4.69, 9.17) is 19.9 Å². The molecule has 4 aromatic rings. The maximum absolute atomic E-state index is 12.9. The smallest absolute Gasteiger partial charge is 0.267 e. The molecule has 0 saturated heterocycles. The Kier molecular flexibility index (Phi) is 4.85. The van der Waals surface area contributed by atoms with E-state index in [-0.39, 0.29) is 5.91 Å². The molecule has 0 saturated carbocycles. The Morgan fingerprint density at radius 2 is 1.66 bits per heavy atom. The number of carbonyl (C=O) groups is 1. The van der Waals surface area contributed by atoms with Crippen LogP contribution in [-0.4, -0.2) is 32.2 Å². The Balaban J connectivity index is 1.72. The van der Waals surface area contributed by atoms with E-state index in [1.807, 2.05) is 24.3 Å². The number of nitrogens with zero attached hydrogens (tertiary/aromatic N) is 1. The predicted molar refractivity (Wildman–Crippen MR) is 116 cm³/mol. The van der Waals surface area contributed by atoms with Gasteiger partial charge in [-0.1, -0.05) is 0 Å². The van der Waals surface area contributed by atoms with Gasteiger partial charge in [0.15, 0.2) is 0 Å². The van der Waals surface area contributed by atoms with Gasteiger partial charge < -0.3 is 25.3 Å². The van der Waals surface area contributed by atoms with Crippen molar-refractivity contribution in [3.05, 3.63) is 47.3 Å². The van der Waals surface area contributed by atoms with E-state index in [1.54, 1.807) is 39.5 Å². The van der Waals surface area contributed by atoms with Crippen LogP contribution in [0.5, 0.6) is 17.2 Å². The van der Waals surface area contributed by atoms with Crippen molar-refractivity contribution in [2.24, 2.45) is 0 Å². The Morgan fingerprint density at radius 1 is 0.966 bits per heavy atom. The molecule has 2 aromatic heterocycles. The molecule has 0 aliphatic rings. The number of thiophene rings is 1. The van der Waals surface area contributed by atoms with E-state index in [9.17, 15) is 4.79 Å². The molecular weight excluding hydrogens is 390 g/mol. The second-order valence-electron chi connectivity index (χ2n) is 6.30. The van der Waals surface area contributed by atoms with Crippen molar-refractivity contribution < 1.29 is 19.0 Å². The molecular formula is C21H19N3O4S. The zero-order chi connectivity index (χ0) is 20.5. The first kappa shape index (κ1) is 18.8. The molecule has 0 fully saturated rings. The van der Waals surface area contributed by atoms with Crippen LogP contribution in [0.25, 0.3) is 21.1 Å². The summed E-state index contributed by atoms with van der Waals surface area (Å²) in [6.07, 6.45) is 0. The summed E-state index contributed by atoms with van der Waals surface area (Å²) >= 11 is 1.25. The van der Waals surface area contributed by atoms with E-state index in [2.05, 4.69) is 10.3 Å². The van der Waals surface area contributed by atoms with E-state index in [0.717, 1.165) is 22.0 Å². The highest BCUT2D eigenvalue weighted by Gasteiger charge is 2.19. The van der Waals surface area contributed by atoms with E-state index < -0.39 is 0 Å². The third-order valence-electron chi connectivity index (χ3n) is 4.54. The van der Waals surface area contributed by atoms with Gasteiger partial charge in [0, 0.05) is 40.7 Å². The summed E-state index contributed by atoms with van der Waals surface area (Å²) in [7, 11) is 4.71. The molecule has 0 aliphatic carbocycles. The summed E-state index contributed by atoms with van der Waals surface area (Å²) in [6, 6.07) is 12.7. The van der Waals surface area contributed by atoms with Gasteiger partial charge in [-0.3, -0.25) is 4.79 Å². The normalized spacial score (nSPS) is 10.9. The molecule has 3 N–H and O–H groups in total. The van der Waals surface area contributed by atoms with Crippen LogP contribution in [0.1, 0.15) is 9.67 Å². The van der Waals surface area contributed by atoms with Gasteiger partial charge in [0.1, 0.15) is 27.0 Å². The second-order valence-corrected chi connectivity index (χ2v) is 7.30. The lowest BCUT2D eigenvalue weighted by Gasteiger charge is -2.09. The largest absolute Gasteiger partial charge is 0.497 e. The molecule has 0 radical (unpaired) electrons. The Hall–Kier alpha value is -3.52. The number of nitrogens with one attached hydrogen (secondary N) is 1. The number of aromatic nitrogens is 1. The number of carbonyl (C=O) groups excluding carboxylic acids is 1. The van der Waals surface area contributed by atoms with Crippen molar-refractivity contribution in [1.82, 2.24) is 4.98 Å². The number of anilines is 2. The highest BCUT2D eigenvalue weighted by molar-refractivity contribution is 7.21. The van der Waals surface area contributed by atoms with Crippen LogP contribution >= 0.6 is 11.3 Å². The van der Waals surface area contributed by atoms with Crippen LogP contribution in [0.15, 0.2) is 42.5 Å². The first-order chi connectivity index (χ1) is 14.0. The Morgan fingerprint density at radius 3 is 2.31 bits per heavy atom. The maximum atomic E-state index is 12.9. The molecule has 2 heterocycles. The van der Waals surface area contributed by atoms with Crippen LogP contribution < -0.4 is 25.3 Å². The number of benzene rings is 2. The number of ether oxygens (including phenoxy) is 3. The number of amides is 1. The number of nitrogen functional groups attached to an aromatic ring is 1. The monoisotopic (exact) mass is 409 g/mol. The van der Waals surface area contributed by atoms with Crippen molar-refractivity contribution >= 4 is 49.7 Å². The van der Waals surface area contributed by atoms with Crippen LogP contribution in [0, 0.1) is 0 Å². The van der Waals surface area contributed by atoms with Gasteiger partial charge in [-0.05, 0) is 18.2 Å². The number of pyridine rings is 1. The molecule has 4 rings (SSSR count). The van der Waals surface area contributed by atoms with Gasteiger partial charge in [0.2, 0.25) is 0 Å². The zero-order valence-corrected chi connectivity index (χ0v) is 16.9. The summed E-state index contributed by atoms with van der Waals surface area (Å²) in [5, 5.41) is 4.53. The fraction of sp³-hybridized carbons (Fsp3) is 0.143. The lowest BCUT2D eigenvalue weighted by molar-refractivity contribution is 0.103. The standard InChI is InChI=1S/C21H19N3O4S/c1-26-13-5-4-11-6-16-18(22)19(29-21(16)24-17(11)10-13)20(25)23-12-7-14(27-2)9-15(8-12)28-3/h4-10H,22H2,1-3H3,(H,23,25). The van der Waals surface area contributed by atoms with Crippen molar-refractivity contribution in [3.63, 3.8) is 0 Å². The lowest BCUT2D eigenvalue weighted by atomic mass is 10.1. The Labute approximate surface area is 171 Å². The summed E-state index contributed by atoms with van der Waals surface area (Å²) in [5.74, 6) is 1.55. The zero-order valence-electron chi connectivity index (χ0n) is 16.1. The summed E-state index contributed by atoms with van der Waals surface area (Å²) < 4.78 is 15.8. The average molecular weight is 409 g/mol. The predicted octanol–water partition coefficient (Wildman–Crippen LogP) is 4.31. The summed E-state index contributed by atoms with van der Waals surface area (Å²) in [6.45, 7) is 0. The third kappa shape index (κ3) is 3.50.